The summed E-state index contributed by atoms with van der Waals surface area (Å²) in [7, 11) is 0. The summed E-state index contributed by atoms with van der Waals surface area (Å²) in [6.45, 7) is 8.74. The van der Waals surface area contributed by atoms with Gasteiger partial charge >= 0.3 is 0 Å². The van der Waals surface area contributed by atoms with Gasteiger partial charge in [-0.05, 0) is 38.7 Å². The van der Waals surface area contributed by atoms with Crippen LogP contribution in [0.15, 0.2) is 30.3 Å². The van der Waals surface area contributed by atoms with E-state index in [9.17, 15) is 5.11 Å². The highest BCUT2D eigenvalue weighted by atomic mass is 16.7. The highest BCUT2D eigenvalue weighted by Gasteiger charge is 2.42. The van der Waals surface area contributed by atoms with Crippen LogP contribution in [0, 0.1) is 5.41 Å². The zero-order chi connectivity index (χ0) is 15.5. The van der Waals surface area contributed by atoms with Gasteiger partial charge in [0.25, 0.3) is 0 Å². The molecule has 1 aromatic rings. The Morgan fingerprint density at radius 3 is 2.57 bits per heavy atom. The molecule has 0 saturated carbocycles. The van der Waals surface area contributed by atoms with E-state index in [2.05, 4.69) is 26.0 Å². The first-order valence-corrected chi connectivity index (χ1v) is 7.85. The van der Waals surface area contributed by atoms with Crippen molar-refractivity contribution in [3.05, 3.63) is 35.9 Å². The van der Waals surface area contributed by atoms with Crippen LogP contribution in [0.3, 0.4) is 0 Å². The number of rotatable bonds is 5. The van der Waals surface area contributed by atoms with Crippen LogP contribution >= 0.6 is 0 Å². The van der Waals surface area contributed by atoms with Gasteiger partial charge in [0.1, 0.15) is 0 Å². The third-order valence-electron chi connectivity index (χ3n) is 4.49. The van der Waals surface area contributed by atoms with E-state index in [4.69, 9.17) is 9.47 Å². The smallest absolute Gasteiger partial charge is 0.163 e. The van der Waals surface area contributed by atoms with E-state index in [-0.39, 0.29) is 11.5 Å². The molecule has 3 nitrogen and oxygen atoms in total. The van der Waals surface area contributed by atoms with Gasteiger partial charge in [0.2, 0.25) is 0 Å². The van der Waals surface area contributed by atoms with E-state index in [1.54, 1.807) is 0 Å². The normalized spacial score (nSPS) is 23.8. The van der Waals surface area contributed by atoms with Gasteiger partial charge in [0.15, 0.2) is 5.79 Å². The van der Waals surface area contributed by atoms with E-state index in [1.165, 1.54) is 5.56 Å². The van der Waals surface area contributed by atoms with Crippen molar-refractivity contribution in [2.75, 3.05) is 6.61 Å². The lowest BCUT2D eigenvalue weighted by Gasteiger charge is -2.45. The van der Waals surface area contributed by atoms with Crippen molar-refractivity contribution in [1.82, 2.24) is 0 Å². The maximum atomic E-state index is 10.6. The molecule has 118 valence electrons. The van der Waals surface area contributed by atoms with Crippen LogP contribution < -0.4 is 0 Å². The van der Waals surface area contributed by atoms with Crippen LogP contribution in [0.5, 0.6) is 0 Å². The molecule has 1 aliphatic rings. The number of ether oxygens (including phenoxy) is 2. The fourth-order valence-electron chi connectivity index (χ4n) is 2.91. The van der Waals surface area contributed by atoms with Gasteiger partial charge in [-0.3, -0.25) is 0 Å². The minimum absolute atomic E-state index is 0.0204. The van der Waals surface area contributed by atoms with Crippen molar-refractivity contribution >= 4 is 0 Å². The average Bonchev–Trinajstić information content (AvgIpc) is 2.44. The molecular weight excluding hydrogens is 264 g/mol. The second-order valence-corrected chi connectivity index (χ2v) is 7.00. The Balaban J connectivity index is 1.94. The van der Waals surface area contributed by atoms with Crippen molar-refractivity contribution in [1.29, 1.82) is 0 Å². The molecule has 1 saturated heterocycles. The Bertz CT molecular complexity index is 439. The maximum absolute atomic E-state index is 10.6. The first-order chi connectivity index (χ1) is 9.81. The van der Waals surface area contributed by atoms with Crippen LogP contribution in [0.1, 0.15) is 46.1 Å². The molecule has 1 heterocycles. The second kappa shape index (κ2) is 6.47. The molecule has 0 aliphatic carbocycles. The molecule has 2 atom stereocenters. The summed E-state index contributed by atoms with van der Waals surface area (Å²) < 4.78 is 11.6. The van der Waals surface area contributed by atoms with E-state index in [0.29, 0.717) is 6.61 Å². The molecule has 0 radical (unpaired) electrons. The van der Waals surface area contributed by atoms with Crippen LogP contribution in [0.25, 0.3) is 0 Å². The largest absolute Gasteiger partial charge is 0.392 e. The summed E-state index contributed by atoms with van der Waals surface area (Å²) in [5, 5.41) is 10.6. The third-order valence-corrected chi connectivity index (χ3v) is 4.49. The van der Waals surface area contributed by atoms with E-state index in [1.807, 2.05) is 32.0 Å². The van der Waals surface area contributed by atoms with Gasteiger partial charge < -0.3 is 14.6 Å². The first-order valence-electron chi connectivity index (χ1n) is 7.85. The summed E-state index contributed by atoms with van der Waals surface area (Å²) in [5.74, 6) is -0.556. The lowest BCUT2D eigenvalue weighted by atomic mass is 9.77. The number of hydrogen-bond acceptors (Lipinski definition) is 3. The van der Waals surface area contributed by atoms with Crippen molar-refractivity contribution in [2.24, 2.45) is 5.41 Å². The minimum Gasteiger partial charge on any atom is -0.392 e. The Kier molecular flexibility index (Phi) is 5.07. The van der Waals surface area contributed by atoms with Crippen LogP contribution in [0.2, 0.25) is 0 Å². The van der Waals surface area contributed by atoms with Crippen LogP contribution in [0.4, 0.5) is 0 Å². The van der Waals surface area contributed by atoms with Gasteiger partial charge in [-0.1, -0.05) is 44.2 Å². The fraction of sp³-hybridized carbons (Fsp3) is 0.667. The first kappa shape index (κ1) is 16.5. The quantitative estimate of drug-likeness (QED) is 0.902. The molecule has 0 bridgehead atoms. The minimum atomic E-state index is -0.556. The average molecular weight is 292 g/mol. The molecule has 0 aromatic heterocycles. The van der Waals surface area contributed by atoms with E-state index >= 15 is 0 Å². The molecule has 1 fully saturated rings. The number of aryl methyl sites for hydroxylation is 1. The Hall–Kier alpha value is -0.900. The molecular formula is C18H28O3. The standard InChI is InChI=1S/C18H28O3/c1-17(2,16-12-13-20-18(3,4)21-16)15(19)11-10-14-8-6-5-7-9-14/h5-9,15-16,19H,10-13H2,1-4H3/t15-,16-/m0/s1. The zero-order valence-corrected chi connectivity index (χ0v) is 13.6. The van der Waals surface area contributed by atoms with E-state index in [0.717, 1.165) is 19.3 Å². The highest BCUT2D eigenvalue weighted by Crippen LogP contribution is 2.37. The Labute approximate surface area is 128 Å². The lowest BCUT2D eigenvalue weighted by molar-refractivity contribution is -0.298. The predicted molar refractivity (Wildman–Crippen MR) is 84.1 cm³/mol. The highest BCUT2D eigenvalue weighted by molar-refractivity contribution is 5.14. The summed E-state index contributed by atoms with van der Waals surface area (Å²) in [6, 6.07) is 10.3. The summed E-state index contributed by atoms with van der Waals surface area (Å²) in [6.07, 6.45) is 2.10. The molecule has 0 unspecified atom stereocenters. The molecule has 21 heavy (non-hydrogen) atoms. The topological polar surface area (TPSA) is 38.7 Å². The van der Waals surface area contributed by atoms with Gasteiger partial charge in [-0.25, -0.2) is 0 Å². The third kappa shape index (κ3) is 4.29. The van der Waals surface area contributed by atoms with Crippen molar-refractivity contribution in [2.45, 2.75) is 65.0 Å². The van der Waals surface area contributed by atoms with Crippen LogP contribution in [-0.4, -0.2) is 29.7 Å². The van der Waals surface area contributed by atoms with Crippen molar-refractivity contribution < 1.29 is 14.6 Å². The van der Waals surface area contributed by atoms with Crippen molar-refractivity contribution in [3.8, 4) is 0 Å². The van der Waals surface area contributed by atoms with Crippen molar-refractivity contribution in [3.63, 3.8) is 0 Å². The van der Waals surface area contributed by atoms with Gasteiger partial charge in [-0.2, -0.15) is 0 Å². The molecule has 1 aromatic carbocycles. The molecule has 2 rings (SSSR count). The lowest BCUT2D eigenvalue weighted by Crippen LogP contribution is -2.50. The summed E-state index contributed by atoms with van der Waals surface area (Å²) in [5.41, 5.74) is 0.983. The van der Waals surface area contributed by atoms with Gasteiger partial charge in [-0.15, -0.1) is 0 Å². The SMILES string of the molecule is CC1(C)OCC[C@@H](C(C)(C)[C@@H](O)CCc2ccccc2)O1. The molecule has 1 aliphatic heterocycles. The predicted octanol–water partition coefficient (Wildman–Crippen LogP) is 3.55. The van der Waals surface area contributed by atoms with Crippen LogP contribution in [-0.2, 0) is 15.9 Å². The monoisotopic (exact) mass is 292 g/mol. The number of hydrogen-bond donors (Lipinski definition) is 1. The molecule has 3 heteroatoms. The summed E-state index contributed by atoms with van der Waals surface area (Å²) in [4.78, 5) is 0. The molecule has 1 N–H and O–H groups in total. The maximum Gasteiger partial charge on any atom is 0.163 e. The number of aliphatic hydroxyl groups excluding tert-OH is 1. The fourth-order valence-corrected chi connectivity index (χ4v) is 2.91. The van der Waals surface area contributed by atoms with E-state index < -0.39 is 11.9 Å². The van der Waals surface area contributed by atoms with Gasteiger partial charge in [0, 0.05) is 5.41 Å². The molecule has 0 spiro atoms. The summed E-state index contributed by atoms with van der Waals surface area (Å²) >= 11 is 0. The van der Waals surface area contributed by atoms with Gasteiger partial charge in [0.05, 0.1) is 18.8 Å². The number of aliphatic hydroxyl groups is 1. The Morgan fingerprint density at radius 2 is 1.95 bits per heavy atom. The Morgan fingerprint density at radius 1 is 1.29 bits per heavy atom. The molecule has 0 amide bonds. The second-order valence-electron chi connectivity index (χ2n) is 7.00. The zero-order valence-electron chi connectivity index (χ0n) is 13.6. The number of benzene rings is 1.